The van der Waals surface area contributed by atoms with Crippen molar-refractivity contribution >= 4 is 34.1 Å². The first-order valence-corrected chi connectivity index (χ1v) is 10.1. The van der Waals surface area contributed by atoms with Gasteiger partial charge in [-0.3, -0.25) is 9.78 Å². The van der Waals surface area contributed by atoms with Crippen LogP contribution in [0.1, 0.15) is 24.2 Å². The number of carbonyl (C=O) groups is 1. The fraction of sp³-hybridized carbons (Fsp3) is 0.318. The maximum Gasteiger partial charge on any atom is 0.252 e. The van der Waals surface area contributed by atoms with Crippen molar-refractivity contribution < 1.29 is 18.7 Å². The lowest BCUT2D eigenvalue weighted by Crippen LogP contribution is -2.35. The standard InChI is InChI=1S/C22H27FN6O3/c1-12(24)13(2)27-22-18(23)10-17(20(25)30)21(29-22)28-15-8-14-4-5-16(32-7-6-31-3)9-19(14)26-11-15/h4-5,8-13H,6-7,24H2,1-3H3,(H2,25,30)(H2,27,28,29)/t12-,13+/m1/s1. The van der Waals surface area contributed by atoms with Gasteiger partial charge in [0.25, 0.3) is 5.91 Å². The number of hydrogen-bond acceptors (Lipinski definition) is 8. The van der Waals surface area contributed by atoms with Crippen LogP contribution in [0.5, 0.6) is 5.75 Å². The topological polar surface area (TPSA) is 137 Å². The van der Waals surface area contributed by atoms with Gasteiger partial charge in [0.05, 0.1) is 29.6 Å². The molecule has 0 fully saturated rings. The van der Waals surface area contributed by atoms with E-state index in [1.807, 2.05) is 24.3 Å². The van der Waals surface area contributed by atoms with Crippen LogP contribution >= 0.6 is 0 Å². The molecule has 0 bridgehead atoms. The molecule has 0 unspecified atom stereocenters. The van der Waals surface area contributed by atoms with Gasteiger partial charge in [0.1, 0.15) is 18.2 Å². The van der Waals surface area contributed by atoms with Gasteiger partial charge in [-0.05, 0) is 38.1 Å². The number of nitrogens with one attached hydrogen (secondary N) is 2. The number of aromatic nitrogens is 2. The molecule has 2 atom stereocenters. The summed E-state index contributed by atoms with van der Waals surface area (Å²) in [5.74, 6) is -0.752. The van der Waals surface area contributed by atoms with E-state index in [0.717, 1.165) is 17.0 Å². The maximum absolute atomic E-state index is 14.5. The first-order valence-electron chi connectivity index (χ1n) is 10.1. The molecule has 0 saturated heterocycles. The first kappa shape index (κ1) is 23.2. The van der Waals surface area contributed by atoms with E-state index in [4.69, 9.17) is 20.9 Å². The highest BCUT2D eigenvalue weighted by Crippen LogP contribution is 2.27. The highest BCUT2D eigenvalue weighted by molar-refractivity contribution is 5.99. The third kappa shape index (κ3) is 5.59. The summed E-state index contributed by atoms with van der Waals surface area (Å²) >= 11 is 0. The van der Waals surface area contributed by atoms with E-state index in [-0.39, 0.29) is 29.3 Å². The van der Waals surface area contributed by atoms with Crippen molar-refractivity contribution in [1.82, 2.24) is 9.97 Å². The molecule has 1 aromatic carbocycles. The lowest BCUT2D eigenvalue weighted by atomic mass is 10.1. The summed E-state index contributed by atoms with van der Waals surface area (Å²) in [6.07, 6.45) is 1.58. The fourth-order valence-electron chi connectivity index (χ4n) is 2.86. The molecule has 2 heterocycles. The van der Waals surface area contributed by atoms with Gasteiger partial charge < -0.3 is 31.6 Å². The van der Waals surface area contributed by atoms with Crippen LogP contribution in [0.2, 0.25) is 0 Å². The van der Waals surface area contributed by atoms with Crippen molar-refractivity contribution in [3.05, 3.63) is 47.9 Å². The minimum absolute atomic E-state index is 0.0334. The van der Waals surface area contributed by atoms with Crippen LogP contribution in [0, 0.1) is 5.82 Å². The maximum atomic E-state index is 14.5. The Balaban J connectivity index is 1.88. The van der Waals surface area contributed by atoms with Crippen LogP contribution in [0.4, 0.5) is 21.7 Å². The van der Waals surface area contributed by atoms with Gasteiger partial charge >= 0.3 is 0 Å². The highest BCUT2D eigenvalue weighted by atomic mass is 19.1. The zero-order valence-electron chi connectivity index (χ0n) is 18.2. The number of primary amides is 1. The van der Waals surface area contributed by atoms with Gasteiger partial charge in [0.2, 0.25) is 0 Å². The predicted molar refractivity (Wildman–Crippen MR) is 122 cm³/mol. The second kappa shape index (κ2) is 10.2. The van der Waals surface area contributed by atoms with E-state index in [9.17, 15) is 9.18 Å². The second-order valence-corrected chi connectivity index (χ2v) is 7.42. The van der Waals surface area contributed by atoms with Gasteiger partial charge in [0, 0.05) is 30.6 Å². The van der Waals surface area contributed by atoms with Crippen molar-refractivity contribution in [1.29, 1.82) is 0 Å². The molecule has 9 nitrogen and oxygen atoms in total. The van der Waals surface area contributed by atoms with E-state index in [2.05, 4.69) is 20.6 Å². The normalized spacial score (nSPS) is 12.9. The third-order valence-corrected chi connectivity index (χ3v) is 4.87. The Morgan fingerprint density at radius 2 is 1.97 bits per heavy atom. The molecule has 3 rings (SSSR count). The Labute approximate surface area is 185 Å². The number of hydrogen-bond donors (Lipinski definition) is 4. The molecule has 170 valence electrons. The molecule has 2 aromatic heterocycles. The lowest BCUT2D eigenvalue weighted by Gasteiger charge is -2.20. The smallest absolute Gasteiger partial charge is 0.252 e. The largest absolute Gasteiger partial charge is 0.491 e. The van der Waals surface area contributed by atoms with Crippen LogP contribution in [0.3, 0.4) is 0 Å². The summed E-state index contributed by atoms with van der Waals surface area (Å²) < 4.78 is 25.1. The molecule has 3 aromatic rings. The van der Waals surface area contributed by atoms with Gasteiger partial charge in [-0.1, -0.05) is 0 Å². The summed E-state index contributed by atoms with van der Waals surface area (Å²) in [5.41, 5.74) is 12.5. The molecule has 0 saturated carbocycles. The van der Waals surface area contributed by atoms with E-state index in [1.54, 1.807) is 27.2 Å². The van der Waals surface area contributed by atoms with Crippen LogP contribution in [0.25, 0.3) is 10.9 Å². The lowest BCUT2D eigenvalue weighted by molar-refractivity contribution is 0.100. The zero-order chi connectivity index (χ0) is 23.3. The Kier molecular flexibility index (Phi) is 7.39. The number of rotatable bonds is 10. The summed E-state index contributed by atoms with van der Waals surface area (Å²) in [5, 5.41) is 6.76. The molecule has 10 heteroatoms. The number of ether oxygens (including phenoxy) is 2. The number of benzene rings is 1. The van der Waals surface area contributed by atoms with Crippen LogP contribution in [0.15, 0.2) is 36.5 Å². The average Bonchev–Trinajstić information content (AvgIpc) is 2.75. The molecule has 6 N–H and O–H groups in total. The number of amides is 1. The molecule has 0 radical (unpaired) electrons. The first-order chi connectivity index (χ1) is 15.3. The number of pyridine rings is 2. The SMILES string of the molecule is COCCOc1ccc2cc(Nc3nc(N[C@@H](C)[C@@H](C)N)c(F)cc3C(N)=O)cnc2c1. The monoisotopic (exact) mass is 442 g/mol. The predicted octanol–water partition coefficient (Wildman–Crippen LogP) is 2.78. The second-order valence-electron chi connectivity index (χ2n) is 7.42. The number of nitrogens with zero attached hydrogens (tertiary/aromatic N) is 2. The summed E-state index contributed by atoms with van der Waals surface area (Å²) in [7, 11) is 1.61. The Morgan fingerprint density at radius 3 is 2.66 bits per heavy atom. The van der Waals surface area contributed by atoms with Crippen molar-refractivity contribution in [3.63, 3.8) is 0 Å². The van der Waals surface area contributed by atoms with Crippen LogP contribution < -0.4 is 26.8 Å². The quantitative estimate of drug-likeness (QED) is 0.352. The third-order valence-electron chi connectivity index (χ3n) is 4.87. The van der Waals surface area contributed by atoms with Crippen molar-refractivity contribution in [2.45, 2.75) is 25.9 Å². The number of halogens is 1. The van der Waals surface area contributed by atoms with Gasteiger partial charge in [-0.25, -0.2) is 9.37 Å². The number of nitrogens with two attached hydrogens (primary N) is 2. The average molecular weight is 442 g/mol. The van der Waals surface area contributed by atoms with Crippen molar-refractivity contribution in [3.8, 4) is 5.75 Å². The Bertz CT molecular complexity index is 1110. The summed E-state index contributed by atoms with van der Waals surface area (Å²) in [6.45, 7) is 4.52. The van der Waals surface area contributed by atoms with E-state index >= 15 is 0 Å². The van der Waals surface area contributed by atoms with Gasteiger partial charge in [-0.2, -0.15) is 0 Å². The fourth-order valence-corrected chi connectivity index (χ4v) is 2.86. The number of carbonyl (C=O) groups excluding carboxylic acids is 1. The molecular formula is C22H27FN6O3. The molecular weight excluding hydrogens is 415 g/mol. The zero-order valence-corrected chi connectivity index (χ0v) is 18.2. The summed E-state index contributed by atoms with van der Waals surface area (Å²) in [6, 6.07) is 7.90. The molecule has 0 aliphatic heterocycles. The van der Waals surface area contributed by atoms with E-state index in [1.165, 1.54) is 0 Å². The number of methoxy groups -OCH3 is 1. The number of anilines is 3. The van der Waals surface area contributed by atoms with Gasteiger partial charge in [-0.15, -0.1) is 0 Å². The minimum atomic E-state index is -0.808. The molecule has 0 aliphatic rings. The minimum Gasteiger partial charge on any atom is -0.491 e. The molecule has 0 spiro atoms. The van der Waals surface area contributed by atoms with Crippen LogP contribution in [-0.2, 0) is 4.74 Å². The van der Waals surface area contributed by atoms with Crippen molar-refractivity contribution in [2.24, 2.45) is 11.5 Å². The molecule has 1 amide bonds. The van der Waals surface area contributed by atoms with E-state index < -0.39 is 11.7 Å². The van der Waals surface area contributed by atoms with Crippen LogP contribution in [-0.4, -0.2) is 48.3 Å². The molecule has 32 heavy (non-hydrogen) atoms. The Hall–Kier alpha value is -3.50. The number of fused-ring (bicyclic) bond motifs is 1. The highest BCUT2D eigenvalue weighted by Gasteiger charge is 2.18. The molecule has 0 aliphatic carbocycles. The Morgan fingerprint density at radius 1 is 1.19 bits per heavy atom. The summed E-state index contributed by atoms with van der Waals surface area (Å²) in [4.78, 5) is 20.5. The van der Waals surface area contributed by atoms with E-state index in [0.29, 0.717) is 24.7 Å². The van der Waals surface area contributed by atoms with Crippen molar-refractivity contribution in [2.75, 3.05) is 31.0 Å². The van der Waals surface area contributed by atoms with Gasteiger partial charge in [0.15, 0.2) is 11.6 Å².